The minimum absolute atomic E-state index is 0.179. The second kappa shape index (κ2) is 8.76. The maximum atomic E-state index is 12.6. The van der Waals surface area contributed by atoms with Crippen molar-refractivity contribution >= 4 is 45.0 Å². The second-order valence-electron chi connectivity index (χ2n) is 7.63. The third-order valence-electron chi connectivity index (χ3n) is 5.64. The molecule has 0 spiro atoms. The summed E-state index contributed by atoms with van der Waals surface area (Å²) in [6.07, 6.45) is 5.65. The first kappa shape index (κ1) is 21.0. The largest absolute Gasteiger partial charge is 0.368 e. The minimum Gasteiger partial charge on any atom is -0.368 e. The first-order chi connectivity index (χ1) is 13.3. The Balaban J connectivity index is 1.94. The molecule has 3 rings (SSSR count). The molecule has 5 N–H and O–H groups in total. The molecule has 0 aliphatic heterocycles. The first-order valence-corrected chi connectivity index (χ1v) is 10.9. The number of aromatic nitrogens is 1. The van der Waals surface area contributed by atoms with E-state index < -0.39 is 17.5 Å². The number of amides is 2. The maximum Gasteiger partial charge on any atom is 0.245 e. The van der Waals surface area contributed by atoms with E-state index in [0.717, 1.165) is 23.1 Å². The molecule has 8 heteroatoms. The van der Waals surface area contributed by atoms with Crippen LogP contribution in [0.3, 0.4) is 0 Å². The molecule has 0 saturated heterocycles. The van der Waals surface area contributed by atoms with Crippen LogP contribution in [-0.4, -0.2) is 28.4 Å². The van der Waals surface area contributed by atoms with Gasteiger partial charge in [-0.1, -0.05) is 44.2 Å². The van der Waals surface area contributed by atoms with Crippen molar-refractivity contribution in [3.8, 4) is 0 Å². The van der Waals surface area contributed by atoms with Crippen LogP contribution in [0.25, 0.3) is 10.2 Å². The highest BCUT2D eigenvalue weighted by Crippen LogP contribution is 2.33. The zero-order chi connectivity index (χ0) is 20.3. The molecule has 2 atom stereocenters. The first-order valence-electron chi connectivity index (χ1n) is 9.75. The minimum atomic E-state index is -1.35. The number of halogens is 1. The molecule has 1 aromatic carbocycles. The van der Waals surface area contributed by atoms with Gasteiger partial charge in [0.2, 0.25) is 11.8 Å². The van der Waals surface area contributed by atoms with E-state index in [1.54, 1.807) is 13.0 Å². The molecule has 2 amide bonds. The van der Waals surface area contributed by atoms with E-state index in [9.17, 15) is 9.59 Å². The Morgan fingerprint density at radius 3 is 2.75 bits per heavy atom. The number of primary amides is 1. The van der Waals surface area contributed by atoms with Crippen molar-refractivity contribution in [1.82, 2.24) is 10.3 Å². The number of rotatable bonds is 8. The Labute approximate surface area is 174 Å². The number of thiazole rings is 1. The summed E-state index contributed by atoms with van der Waals surface area (Å²) in [6, 6.07) is 4.89. The number of nitrogens with two attached hydrogens (primary N) is 2. The molecule has 0 radical (unpaired) electrons. The van der Waals surface area contributed by atoms with Crippen LogP contribution >= 0.6 is 22.9 Å². The van der Waals surface area contributed by atoms with Crippen LogP contribution in [0.1, 0.15) is 50.5 Å². The summed E-state index contributed by atoms with van der Waals surface area (Å²) in [5.41, 5.74) is 11.8. The normalized spacial score (nSPS) is 18.1. The van der Waals surface area contributed by atoms with Gasteiger partial charge in [0.15, 0.2) is 0 Å². The van der Waals surface area contributed by atoms with E-state index in [1.807, 2.05) is 12.1 Å². The molecule has 6 nitrogen and oxygen atoms in total. The highest BCUT2D eigenvalue weighted by molar-refractivity contribution is 7.18. The molecular weight excluding hydrogens is 396 g/mol. The SMILES string of the molecule is CCC(=O)NC(Cc1nc2ccc(Cl)cc2s1)(C(N)=O)[C@@H](N)CC1CCCC1. The Morgan fingerprint density at radius 2 is 2.11 bits per heavy atom. The van der Waals surface area contributed by atoms with Gasteiger partial charge in [-0.05, 0) is 30.5 Å². The number of carbonyl (C=O) groups is 2. The lowest BCUT2D eigenvalue weighted by atomic mass is 9.80. The number of hydrogen-bond acceptors (Lipinski definition) is 5. The van der Waals surface area contributed by atoms with Crippen molar-refractivity contribution in [3.05, 3.63) is 28.2 Å². The zero-order valence-corrected chi connectivity index (χ0v) is 17.6. The number of fused-ring (bicyclic) bond motifs is 1. The van der Waals surface area contributed by atoms with Gasteiger partial charge >= 0.3 is 0 Å². The fourth-order valence-corrected chi connectivity index (χ4v) is 5.34. The van der Waals surface area contributed by atoms with Crippen molar-refractivity contribution in [2.24, 2.45) is 17.4 Å². The monoisotopic (exact) mass is 422 g/mol. The third-order valence-corrected chi connectivity index (χ3v) is 6.90. The van der Waals surface area contributed by atoms with Gasteiger partial charge in [0, 0.05) is 23.9 Å². The van der Waals surface area contributed by atoms with E-state index >= 15 is 0 Å². The fourth-order valence-electron chi connectivity index (χ4n) is 4.00. The predicted octanol–water partition coefficient (Wildman–Crippen LogP) is 3.15. The van der Waals surface area contributed by atoms with Gasteiger partial charge in [-0.3, -0.25) is 9.59 Å². The van der Waals surface area contributed by atoms with Gasteiger partial charge < -0.3 is 16.8 Å². The quantitative estimate of drug-likeness (QED) is 0.606. The summed E-state index contributed by atoms with van der Waals surface area (Å²) in [5.74, 6) is -0.400. The molecular formula is C20H27ClN4O2S. The summed E-state index contributed by atoms with van der Waals surface area (Å²) >= 11 is 7.51. The second-order valence-corrected chi connectivity index (χ2v) is 9.18. The summed E-state index contributed by atoms with van der Waals surface area (Å²) in [5, 5.41) is 4.19. The Morgan fingerprint density at radius 1 is 1.39 bits per heavy atom. The Hall–Kier alpha value is -1.70. The average Bonchev–Trinajstić information content (AvgIpc) is 3.29. The number of nitrogens with zero attached hydrogens (tertiary/aromatic N) is 1. The van der Waals surface area contributed by atoms with Gasteiger partial charge in [-0.2, -0.15) is 0 Å². The molecule has 1 aliphatic rings. The van der Waals surface area contributed by atoms with Crippen molar-refractivity contribution in [2.45, 2.75) is 63.5 Å². The van der Waals surface area contributed by atoms with Gasteiger partial charge in [-0.15, -0.1) is 11.3 Å². The summed E-state index contributed by atoms with van der Waals surface area (Å²) in [7, 11) is 0. The van der Waals surface area contributed by atoms with Gasteiger partial charge in [0.25, 0.3) is 0 Å². The molecule has 1 saturated carbocycles. The van der Waals surface area contributed by atoms with E-state index in [-0.39, 0.29) is 18.7 Å². The van der Waals surface area contributed by atoms with E-state index in [2.05, 4.69) is 10.3 Å². The lowest BCUT2D eigenvalue weighted by Gasteiger charge is -2.37. The maximum absolute atomic E-state index is 12.6. The third kappa shape index (κ3) is 4.47. The molecule has 0 bridgehead atoms. The summed E-state index contributed by atoms with van der Waals surface area (Å²) in [6.45, 7) is 1.74. The van der Waals surface area contributed by atoms with Crippen LogP contribution in [0.2, 0.25) is 5.02 Å². The molecule has 1 unspecified atom stereocenters. The van der Waals surface area contributed by atoms with Crippen LogP contribution < -0.4 is 16.8 Å². The van der Waals surface area contributed by atoms with Crippen LogP contribution in [-0.2, 0) is 16.0 Å². The zero-order valence-electron chi connectivity index (χ0n) is 16.0. The molecule has 1 heterocycles. The summed E-state index contributed by atoms with van der Waals surface area (Å²) < 4.78 is 0.923. The highest BCUT2D eigenvalue weighted by Gasteiger charge is 2.45. The van der Waals surface area contributed by atoms with Crippen molar-refractivity contribution < 1.29 is 9.59 Å². The summed E-state index contributed by atoms with van der Waals surface area (Å²) in [4.78, 5) is 29.5. The molecule has 2 aromatic rings. The van der Waals surface area contributed by atoms with Crippen LogP contribution in [0.15, 0.2) is 18.2 Å². The topological polar surface area (TPSA) is 111 Å². The molecule has 1 aromatic heterocycles. The molecule has 28 heavy (non-hydrogen) atoms. The fraction of sp³-hybridized carbons (Fsp3) is 0.550. The molecule has 1 aliphatic carbocycles. The van der Waals surface area contributed by atoms with E-state index in [4.69, 9.17) is 23.1 Å². The number of nitrogens with one attached hydrogen (secondary N) is 1. The molecule has 152 valence electrons. The van der Waals surface area contributed by atoms with Gasteiger partial charge in [0.05, 0.1) is 15.2 Å². The van der Waals surface area contributed by atoms with Crippen molar-refractivity contribution in [1.29, 1.82) is 0 Å². The smallest absolute Gasteiger partial charge is 0.245 e. The molecule has 1 fully saturated rings. The number of benzene rings is 1. The van der Waals surface area contributed by atoms with Gasteiger partial charge in [0.1, 0.15) is 5.54 Å². The highest BCUT2D eigenvalue weighted by atomic mass is 35.5. The van der Waals surface area contributed by atoms with Crippen molar-refractivity contribution in [3.63, 3.8) is 0 Å². The lowest BCUT2D eigenvalue weighted by molar-refractivity contribution is -0.132. The number of carbonyl (C=O) groups excluding carboxylic acids is 2. The van der Waals surface area contributed by atoms with Crippen molar-refractivity contribution in [2.75, 3.05) is 0 Å². The van der Waals surface area contributed by atoms with Crippen LogP contribution in [0.4, 0.5) is 0 Å². The van der Waals surface area contributed by atoms with Crippen LogP contribution in [0, 0.1) is 5.92 Å². The number of hydrogen-bond donors (Lipinski definition) is 3. The predicted molar refractivity (Wildman–Crippen MR) is 113 cm³/mol. The lowest BCUT2D eigenvalue weighted by Crippen LogP contribution is -2.68. The van der Waals surface area contributed by atoms with E-state index in [0.29, 0.717) is 22.4 Å². The Kier molecular flexibility index (Phi) is 6.58. The standard InChI is InChI=1S/C20H27ClN4O2S/c1-2-17(26)25-20(19(23)27,16(22)9-12-5-3-4-6-12)11-18-24-14-8-7-13(21)10-15(14)28-18/h7-8,10,12,16H,2-6,9,11,22H2,1H3,(H2,23,27)(H,25,26)/t16-,20?/m0/s1. The Bertz CT molecular complexity index is 865. The average molecular weight is 423 g/mol. The van der Waals surface area contributed by atoms with Gasteiger partial charge in [-0.25, -0.2) is 4.98 Å². The van der Waals surface area contributed by atoms with Crippen LogP contribution in [0.5, 0.6) is 0 Å². The van der Waals surface area contributed by atoms with E-state index in [1.165, 1.54) is 24.2 Å².